The molecule has 0 atom stereocenters. The van der Waals surface area contributed by atoms with Crippen molar-refractivity contribution in [2.45, 2.75) is 33.2 Å². The maximum absolute atomic E-state index is 12.6. The summed E-state index contributed by atoms with van der Waals surface area (Å²) in [6.07, 6.45) is 6.69. The number of aryl methyl sites for hydroxylation is 2. The predicted molar refractivity (Wildman–Crippen MR) is 115 cm³/mol. The van der Waals surface area contributed by atoms with Crippen LogP contribution in [0.5, 0.6) is 0 Å². The van der Waals surface area contributed by atoms with Crippen LogP contribution in [0.15, 0.2) is 29.2 Å². The molecule has 0 spiro atoms. The van der Waals surface area contributed by atoms with Crippen LogP contribution in [0.2, 0.25) is 5.15 Å². The molecule has 1 N–H and O–H groups in total. The molecule has 0 aliphatic carbocycles. The Labute approximate surface area is 180 Å². The van der Waals surface area contributed by atoms with Crippen molar-refractivity contribution in [2.24, 2.45) is 0 Å². The highest BCUT2D eigenvalue weighted by atomic mass is 35.5. The molecule has 0 aromatic carbocycles. The number of unbranched alkanes of at least 4 members (excludes halogenated alkanes) is 1. The number of amides is 2. The zero-order valence-electron chi connectivity index (χ0n) is 17.2. The smallest absolute Gasteiger partial charge is 0.255 e. The fourth-order valence-electron chi connectivity index (χ4n) is 3.33. The first-order valence-corrected chi connectivity index (χ1v) is 10.5. The Hall–Kier alpha value is -2.87. The first-order valence-electron chi connectivity index (χ1n) is 10.1. The minimum Gasteiger partial charge on any atom is -0.336 e. The molecule has 0 radical (unpaired) electrons. The molecule has 9 heteroatoms. The summed E-state index contributed by atoms with van der Waals surface area (Å²) in [5.41, 5.74) is 1.73. The van der Waals surface area contributed by atoms with E-state index in [1.54, 1.807) is 20.6 Å². The van der Waals surface area contributed by atoms with Crippen molar-refractivity contribution >= 4 is 29.5 Å². The normalized spacial score (nSPS) is 14.5. The van der Waals surface area contributed by atoms with Crippen LogP contribution in [-0.4, -0.2) is 62.6 Å². The van der Waals surface area contributed by atoms with E-state index in [1.165, 1.54) is 24.4 Å². The van der Waals surface area contributed by atoms with Crippen molar-refractivity contribution in [2.75, 3.05) is 26.2 Å². The molecule has 1 fully saturated rings. The third kappa shape index (κ3) is 4.99. The van der Waals surface area contributed by atoms with Crippen LogP contribution >= 0.6 is 11.6 Å². The molecule has 1 aliphatic rings. The Morgan fingerprint density at radius 1 is 1.20 bits per heavy atom. The minimum atomic E-state index is -0.250. The third-order valence-electron chi connectivity index (χ3n) is 5.14. The first kappa shape index (κ1) is 21.8. The SMILES string of the molecule is CCCCn1nc(C)c(C=CC(=O)N2CCN(C(=O)c3ccc(=O)[nH]c3)CC2)c1Cl. The fourth-order valence-corrected chi connectivity index (χ4v) is 3.65. The molecule has 3 heterocycles. The molecule has 8 nitrogen and oxygen atoms in total. The standard InChI is InChI=1S/C21H26ClN5O3/c1-3-4-9-27-20(22)17(15(2)24-27)6-8-19(29)25-10-12-26(13-11-25)21(30)16-5-7-18(28)23-14-16/h5-8,14H,3-4,9-13H2,1-2H3,(H,23,28). The number of hydrogen-bond acceptors (Lipinski definition) is 4. The van der Waals surface area contributed by atoms with E-state index in [0.29, 0.717) is 36.9 Å². The van der Waals surface area contributed by atoms with E-state index < -0.39 is 0 Å². The molecule has 1 saturated heterocycles. The summed E-state index contributed by atoms with van der Waals surface area (Å²) in [6, 6.07) is 2.84. The number of nitrogens with one attached hydrogen (secondary N) is 1. The summed E-state index contributed by atoms with van der Waals surface area (Å²) in [5.74, 6) is -0.279. The average molecular weight is 432 g/mol. The fraction of sp³-hybridized carbons (Fsp3) is 0.429. The van der Waals surface area contributed by atoms with Gasteiger partial charge in [-0.05, 0) is 25.5 Å². The number of aromatic nitrogens is 3. The Morgan fingerprint density at radius 2 is 1.90 bits per heavy atom. The number of piperazine rings is 1. The van der Waals surface area contributed by atoms with Crippen LogP contribution in [0.1, 0.15) is 41.4 Å². The van der Waals surface area contributed by atoms with Gasteiger partial charge in [-0.2, -0.15) is 5.10 Å². The molecule has 0 saturated carbocycles. The topological polar surface area (TPSA) is 91.3 Å². The molecule has 30 heavy (non-hydrogen) atoms. The second kappa shape index (κ2) is 9.75. The summed E-state index contributed by atoms with van der Waals surface area (Å²) in [5, 5.41) is 4.99. The lowest BCUT2D eigenvalue weighted by Crippen LogP contribution is -2.50. The van der Waals surface area contributed by atoms with Gasteiger partial charge in [0.2, 0.25) is 11.5 Å². The summed E-state index contributed by atoms with van der Waals surface area (Å²) >= 11 is 6.41. The number of aromatic amines is 1. The number of pyridine rings is 1. The Kier molecular flexibility index (Phi) is 7.10. The van der Waals surface area contributed by atoms with Crippen LogP contribution in [0.4, 0.5) is 0 Å². The van der Waals surface area contributed by atoms with Gasteiger partial charge in [0.05, 0.1) is 11.3 Å². The highest BCUT2D eigenvalue weighted by molar-refractivity contribution is 6.31. The molecule has 0 unspecified atom stereocenters. The van der Waals surface area contributed by atoms with Crippen LogP contribution < -0.4 is 5.56 Å². The molecule has 1 aliphatic heterocycles. The van der Waals surface area contributed by atoms with E-state index in [4.69, 9.17) is 11.6 Å². The highest BCUT2D eigenvalue weighted by Crippen LogP contribution is 2.22. The van der Waals surface area contributed by atoms with Gasteiger partial charge in [0, 0.05) is 56.6 Å². The molecular formula is C21H26ClN5O3. The van der Waals surface area contributed by atoms with Gasteiger partial charge in [0.25, 0.3) is 5.91 Å². The second-order valence-electron chi connectivity index (χ2n) is 7.26. The van der Waals surface area contributed by atoms with Crippen molar-refractivity contribution in [3.05, 3.63) is 56.7 Å². The van der Waals surface area contributed by atoms with Crippen molar-refractivity contribution < 1.29 is 9.59 Å². The Balaban J connectivity index is 1.58. The number of carbonyl (C=O) groups excluding carboxylic acids is 2. The van der Waals surface area contributed by atoms with Crippen LogP contribution in [-0.2, 0) is 11.3 Å². The summed E-state index contributed by atoms with van der Waals surface area (Å²) in [6.45, 7) is 6.50. The Bertz CT molecular complexity index is 982. The van der Waals surface area contributed by atoms with E-state index in [-0.39, 0.29) is 17.4 Å². The molecule has 160 valence electrons. The van der Waals surface area contributed by atoms with Crippen molar-refractivity contribution in [3.8, 4) is 0 Å². The van der Waals surface area contributed by atoms with Gasteiger partial charge < -0.3 is 14.8 Å². The average Bonchev–Trinajstić information content (AvgIpc) is 3.03. The van der Waals surface area contributed by atoms with Gasteiger partial charge in [-0.3, -0.25) is 19.1 Å². The van der Waals surface area contributed by atoms with Crippen molar-refractivity contribution in [3.63, 3.8) is 0 Å². The lowest BCUT2D eigenvalue weighted by molar-refractivity contribution is -0.127. The van der Waals surface area contributed by atoms with Gasteiger partial charge in [-0.1, -0.05) is 24.9 Å². The summed E-state index contributed by atoms with van der Waals surface area (Å²) < 4.78 is 1.77. The molecule has 2 aromatic heterocycles. The highest BCUT2D eigenvalue weighted by Gasteiger charge is 2.24. The number of hydrogen-bond donors (Lipinski definition) is 1. The van der Waals surface area contributed by atoms with E-state index in [2.05, 4.69) is 17.0 Å². The number of H-pyrrole nitrogens is 1. The minimum absolute atomic E-state index is 0.122. The number of nitrogens with zero attached hydrogens (tertiary/aromatic N) is 4. The number of carbonyl (C=O) groups is 2. The number of rotatable bonds is 6. The third-order valence-corrected chi connectivity index (χ3v) is 5.53. The monoisotopic (exact) mass is 431 g/mol. The quantitative estimate of drug-likeness (QED) is 0.710. The van der Waals surface area contributed by atoms with Gasteiger partial charge in [0.15, 0.2) is 0 Å². The maximum atomic E-state index is 12.6. The molecule has 3 rings (SSSR count). The zero-order chi connectivity index (χ0) is 21.7. The second-order valence-corrected chi connectivity index (χ2v) is 7.62. The predicted octanol–water partition coefficient (Wildman–Crippen LogP) is 2.33. The lowest BCUT2D eigenvalue weighted by atomic mass is 10.2. The van der Waals surface area contributed by atoms with Gasteiger partial charge in [0.1, 0.15) is 5.15 Å². The van der Waals surface area contributed by atoms with Crippen LogP contribution in [0.3, 0.4) is 0 Å². The van der Waals surface area contributed by atoms with Crippen LogP contribution in [0, 0.1) is 6.92 Å². The number of halogens is 1. The molecule has 0 bridgehead atoms. The first-order chi connectivity index (χ1) is 14.4. The largest absolute Gasteiger partial charge is 0.336 e. The maximum Gasteiger partial charge on any atom is 0.255 e. The zero-order valence-corrected chi connectivity index (χ0v) is 18.0. The van der Waals surface area contributed by atoms with Crippen molar-refractivity contribution in [1.29, 1.82) is 0 Å². The van der Waals surface area contributed by atoms with E-state index in [9.17, 15) is 14.4 Å². The molecule has 2 amide bonds. The molecular weight excluding hydrogens is 406 g/mol. The van der Waals surface area contributed by atoms with E-state index in [0.717, 1.165) is 30.6 Å². The lowest BCUT2D eigenvalue weighted by Gasteiger charge is -2.34. The summed E-state index contributed by atoms with van der Waals surface area (Å²) in [7, 11) is 0. The van der Waals surface area contributed by atoms with Gasteiger partial charge >= 0.3 is 0 Å². The van der Waals surface area contributed by atoms with Gasteiger partial charge in [-0.15, -0.1) is 0 Å². The Morgan fingerprint density at radius 3 is 2.53 bits per heavy atom. The molecule has 2 aromatic rings. The van der Waals surface area contributed by atoms with E-state index in [1.807, 2.05) is 6.92 Å². The summed E-state index contributed by atoms with van der Waals surface area (Å²) in [4.78, 5) is 42.1. The van der Waals surface area contributed by atoms with Gasteiger partial charge in [-0.25, -0.2) is 0 Å². The van der Waals surface area contributed by atoms with E-state index >= 15 is 0 Å². The van der Waals surface area contributed by atoms with Crippen molar-refractivity contribution in [1.82, 2.24) is 24.6 Å². The van der Waals surface area contributed by atoms with Crippen LogP contribution in [0.25, 0.3) is 6.08 Å².